The van der Waals surface area contributed by atoms with Crippen LogP contribution in [0, 0.1) is 23.6 Å². The second-order valence-electron chi connectivity index (χ2n) is 15.7. The van der Waals surface area contributed by atoms with Crippen molar-refractivity contribution in [3.63, 3.8) is 0 Å². The van der Waals surface area contributed by atoms with E-state index in [1.54, 1.807) is 60.4 Å². The average Bonchev–Trinajstić information content (AvgIpc) is 3.29. The van der Waals surface area contributed by atoms with E-state index in [4.69, 9.17) is 38.4 Å². The number of aliphatic hydroxyl groups excluding tert-OH is 2. The van der Waals surface area contributed by atoms with Crippen LogP contribution in [-0.4, -0.2) is 92.1 Å². The Bertz CT molecular complexity index is 2100. The molecule has 14 nitrogen and oxygen atoms in total. The third kappa shape index (κ3) is 10.6. The lowest BCUT2D eigenvalue weighted by Gasteiger charge is -2.59. The molecule has 0 aromatic heterocycles. The minimum Gasteiger partial charge on any atom is -0.497 e. The molecule has 1 fully saturated rings. The van der Waals surface area contributed by atoms with E-state index < -0.39 is 35.8 Å². The lowest BCUT2D eigenvalue weighted by atomic mass is 9.55. The highest BCUT2D eigenvalue weighted by molar-refractivity contribution is 6.03. The van der Waals surface area contributed by atoms with E-state index in [1.165, 1.54) is 26.4 Å². The summed E-state index contributed by atoms with van der Waals surface area (Å²) in [5.74, 6) is -1.41. The zero-order chi connectivity index (χ0) is 44.9. The monoisotopic (exact) mass is 873 g/mol. The van der Waals surface area contributed by atoms with E-state index in [0.717, 1.165) is 24.0 Å². The fourth-order valence-electron chi connectivity index (χ4n) is 9.29. The molecule has 3 aromatic carbocycles. The van der Waals surface area contributed by atoms with Crippen molar-refractivity contribution in [2.24, 2.45) is 22.9 Å². The molecule has 1 heterocycles. The number of unbranched alkanes of at least 4 members (excludes halogenated alkanes) is 2. The number of carbonyl (C=O) groups excluding carboxylic acids is 2. The number of nitrogens with one attached hydrogen (secondary N) is 1. The average molecular weight is 874 g/mol. The van der Waals surface area contributed by atoms with Crippen LogP contribution in [0.5, 0.6) is 23.0 Å². The van der Waals surface area contributed by atoms with Gasteiger partial charge in [0.2, 0.25) is 5.79 Å². The van der Waals surface area contributed by atoms with Gasteiger partial charge in [-0.3, -0.25) is 10.2 Å². The van der Waals surface area contributed by atoms with Crippen molar-refractivity contribution in [1.29, 1.82) is 0 Å². The number of hydrogen-bond acceptors (Lipinski definition) is 12. The van der Waals surface area contributed by atoms with Gasteiger partial charge in [-0.1, -0.05) is 42.3 Å². The Hall–Kier alpha value is -5.64. The largest absolute Gasteiger partial charge is 0.497 e. The van der Waals surface area contributed by atoms with Crippen LogP contribution in [0.15, 0.2) is 90.1 Å². The van der Waals surface area contributed by atoms with E-state index in [2.05, 4.69) is 18.0 Å². The fourth-order valence-corrected chi connectivity index (χ4v) is 9.29. The first-order valence-corrected chi connectivity index (χ1v) is 21.7. The topological polar surface area (TPSA) is 167 Å². The number of amides is 2. The Labute approximate surface area is 368 Å². The number of fused-ring (bicyclic) bond motifs is 2. The number of ether oxygens (including phenoxy) is 6. The first-order chi connectivity index (χ1) is 30.6. The van der Waals surface area contributed by atoms with E-state index in [0.29, 0.717) is 66.5 Å². The molecule has 6 atom stereocenters. The lowest BCUT2D eigenvalue weighted by molar-refractivity contribution is -0.256. The zero-order valence-electron chi connectivity index (χ0n) is 36.6. The standard InChI is InChI=1S/C48H60FN3O11/c1-6-25-60-48-43(52(47(56)59-7-2)30-31-15-17-33(49)18-16-31)29-40(51-61-8-3)37-26-32(13-9-11-23-53)36(14-10-12-24-54)44(45(37)48)38-27-35(20-22-41(38)63-48)62-46(55)50-39-21-19-34(57-4)28-42(39)58-5/h6,15-22,26-28,32,36,43-45,53-54H,1,7-14,23-25,29-30H2,2-5H3,(H,50,55). The Morgan fingerprint density at radius 2 is 1.71 bits per heavy atom. The van der Waals surface area contributed by atoms with E-state index in [-0.39, 0.29) is 62.9 Å². The molecule has 6 unspecified atom stereocenters. The van der Waals surface area contributed by atoms with Gasteiger partial charge in [0, 0.05) is 43.7 Å². The van der Waals surface area contributed by atoms with Crippen molar-refractivity contribution in [3.8, 4) is 23.0 Å². The van der Waals surface area contributed by atoms with Gasteiger partial charge in [-0.25, -0.2) is 14.0 Å². The van der Waals surface area contributed by atoms with Crippen molar-refractivity contribution in [1.82, 2.24) is 4.90 Å². The first kappa shape index (κ1) is 46.9. The van der Waals surface area contributed by atoms with Gasteiger partial charge in [0.25, 0.3) is 0 Å². The second kappa shape index (κ2) is 22.1. The number of rotatable bonds is 21. The van der Waals surface area contributed by atoms with E-state index in [9.17, 15) is 24.2 Å². The number of anilines is 1. The molecule has 0 radical (unpaired) electrons. The van der Waals surface area contributed by atoms with Gasteiger partial charge in [-0.05, 0) is 105 Å². The van der Waals surface area contributed by atoms with Gasteiger partial charge in [-0.15, -0.1) is 6.58 Å². The van der Waals surface area contributed by atoms with Crippen LogP contribution in [0.2, 0.25) is 0 Å². The molecule has 0 spiro atoms. The fraction of sp³-hybridized carbons (Fsp3) is 0.479. The summed E-state index contributed by atoms with van der Waals surface area (Å²) in [5, 5.41) is 27.3. The minimum atomic E-state index is -1.56. The molecule has 3 aromatic rings. The lowest BCUT2D eigenvalue weighted by Crippen LogP contribution is -2.70. The molecule has 15 heteroatoms. The van der Waals surface area contributed by atoms with Crippen LogP contribution in [0.25, 0.3) is 0 Å². The molecule has 0 saturated heterocycles. The number of nitrogens with zero attached hydrogens (tertiary/aromatic N) is 2. The predicted molar refractivity (Wildman–Crippen MR) is 235 cm³/mol. The predicted octanol–water partition coefficient (Wildman–Crippen LogP) is 8.77. The molecule has 340 valence electrons. The molecule has 63 heavy (non-hydrogen) atoms. The van der Waals surface area contributed by atoms with Crippen LogP contribution in [0.3, 0.4) is 0 Å². The van der Waals surface area contributed by atoms with Crippen LogP contribution < -0.4 is 24.3 Å². The number of carbonyl (C=O) groups is 2. The van der Waals surface area contributed by atoms with Gasteiger partial charge in [-0.2, -0.15) is 0 Å². The summed E-state index contributed by atoms with van der Waals surface area (Å²) in [7, 11) is 3.03. The highest BCUT2D eigenvalue weighted by Gasteiger charge is 2.65. The normalized spacial score (nSPS) is 22.7. The number of aliphatic hydroxyl groups is 2. The summed E-state index contributed by atoms with van der Waals surface area (Å²) in [6.07, 6.45) is 6.78. The third-order valence-electron chi connectivity index (χ3n) is 11.9. The molecule has 0 bridgehead atoms. The molecular weight excluding hydrogens is 814 g/mol. The second-order valence-corrected chi connectivity index (χ2v) is 15.7. The highest BCUT2D eigenvalue weighted by Crippen LogP contribution is 2.62. The maximum Gasteiger partial charge on any atom is 0.417 e. The Morgan fingerprint density at radius 3 is 2.40 bits per heavy atom. The minimum absolute atomic E-state index is 0.0197. The van der Waals surface area contributed by atoms with Gasteiger partial charge in [0.05, 0.1) is 44.8 Å². The zero-order valence-corrected chi connectivity index (χ0v) is 36.6. The molecule has 1 aliphatic heterocycles. The van der Waals surface area contributed by atoms with Crippen LogP contribution >= 0.6 is 0 Å². The Kier molecular flexibility index (Phi) is 16.5. The first-order valence-electron chi connectivity index (χ1n) is 21.7. The maximum atomic E-state index is 14.3. The van der Waals surface area contributed by atoms with Crippen molar-refractivity contribution in [2.75, 3.05) is 52.6 Å². The SMILES string of the molecule is C=CCOC12Oc3ccc(OC(=O)Nc4ccc(OC)cc4OC)cc3C3C(CCCCO)C(CCCCO)C=C(C(=NOCC)CC1N(Cc1ccc(F)cc1)C(=O)OCC)C32. The van der Waals surface area contributed by atoms with Crippen LogP contribution in [0.4, 0.5) is 19.7 Å². The highest BCUT2D eigenvalue weighted by atomic mass is 19.1. The summed E-state index contributed by atoms with van der Waals surface area (Å²) < 4.78 is 50.9. The van der Waals surface area contributed by atoms with Crippen molar-refractivity contribution in [2.45, 2.75) is 83.1 Å². The quantitative estimate of drug-likeness (QED) is 0.0532. The molecule has 3 aliphatic rings. The molecule has 3 N–H and O–H groups in total. The maximum absolute atomic E-state index is 14.3. The van der Waals surface area contributed by atoms with Gasteiger partial charge in [0.15, 0.2) is 0 Å². The van der Waals surface area contributed by atoms with Crippen molar-refractivity contribution >= 4 is 23.6 Å². The van der Waals surface area contributed by atoms with Gasteiger partial charge < -0.3 is 43.5 Å². The number of hydrogen-bond donors (Lipinski definition) is 3. The summed E-state index contributed by atoms with van der Waals surface area (Å²) in [6.45, 7) is 8.10. The molecule has 6 rings (SSSR count). The third-order valence-corrected chi connectivity index (χ3v) is 11.9. The number of benzene rings is 3. The molecule has 2 aliphatic carbocycles. The number of oxime groups is 1. The van der Waals surface area contributed by atoms with Gasteiger partial charge in [0.1, 0.15) is 41.5 Å². The smallest absolute Gasteiger partial charge is 0.417 e. The van der Waals surface area contributed by atoms with Gasteiger partial charge >= 0.3 is 12.2 Å². The summed E-state index contributed by atoms with van der Waals surface area (Å²) in [4.78, 5) is 35.2. The van der Waals surface area contributed by atoms with Crippen LogP contribution in [0.1, 0.15) is 75.8 Å². The van der Waals surface area contributed by atoms with E-state index in [1.807, 2.05) is 13.0 Å². The number of halogens is 1. The number of allylic oxidation sites excluding steroid dienone is 1. The summed E-state index contributed by atoms with van der Waals surface area (Å²) in [5.41, 5.74) is 3.24. The van der Waals surface area contributed by atoms with Crippen molar-refractivity contribution < 1.29 is 57.5 Å². The summed E-state index contributed by atoms with van der Waals surface area (Å²) in [6, 6.07) is 15.3. The van der Waals surface area contributed by atoms with E-state index >= 15 is 0 Å². The molecule has 1 saturated carbocycles. The van der Waals surface area contributed by atoms with Crippen molar-refractivity contribution in [3.05, 3.63) is 102 Å². The van der Waals surface area contributed by atoms with Crippen LogP contribution in [-0.2, 0) is 20.9 Å². The molecular formula is C48H60FN3O11. The number of methoxy groups -OCH3 is 2. The molecule has 2 amide bonds. The Balaban J connectivity index is 1.54. The summed E-state index contributed by atoms with van der Waals surface area (Å²) >= 11 is 0. The Morgan fingerprint density at radius 1 is 0.968 bits per heavy atom.